The van der Waals surface area contributed by atoms with Crippen LogP contribution in [0.2, 0.25) is 0 Å². The quantitative estimate of drug-likeness (QED) is 0.676. The number of nitrogens with zero attached hydrogens (tertiary/aromatic N) is 1. The Hall–Kier alpha value is -0.0800. The second-order valence-corrected chi connectivity index (χ2v) is 4.65. The molecule has 0 aliphatic heterocycles. The zero-order chi connectivity index (χ0) is 9.26. The highest BCUT2D eigenvalue weighted by atomic mass is 15.2. The Morgan fingerprint density at radius 2 is 2.00 bits per heavy atom. The van der Waals surface area contributed by atoms with Gasteiger partial charge in [0.2, 0.25) is 0 Å². The zero-order valence-corrected chi connectivity index (χ0v) is 8.71. The van der Waals surface area contributed by atoms with E-state index in [0.717, 1.165) is 12.0 Å². The number of rotatable bonds is 6. The van der Waals surface area contributed by atoms with Crippen molar-refractivity contribution in [1.82, 2.24) is 4.90 Å². The van der Waals surface area contributed by atoms with Gasteiger partial charge >= 0.3 is 0 Å². The Morgan fingerprint density at radius 1 is 1.31 bits per heavy atom. The Kier molecular flexibility index (Phi) is 2.89. The summed E-state index contributed by atoms with van der Waals surface area (Å²) in [5, 5.41) is 0. The van der Waals surface area contributed by atoms with E-state index in [0.29, 0.717) is 6.04 Å². The van der Waals surface area contributed by atoms with Crippen molar-refractivity contribution in [1.29, 1.82) is 0 Å². The molecule has 0 spiro atoms. The molecule has 2 N–H and O–H groups in total. The van der Waals surface area contributed by atoms with Gasteiger partial charge in [-0.15, -0.1) is 0 Å². The van der Waals surface area contributed by atoms with Crippen molar-refractivity contribution in [3.63, 3.8) is 0 Å². The van der Waals surface area contributed by atoms with Crippen molar-refractivity contribution in [2.75, 3.05) is 13.1 Å². The SMILES string of the molecule is CCN(CCC(N)C1CC1)C1CC1. The van der Waals surface area contributed by atoms with Gasteiger partial charge in [0.15, 0.2) is 0 Å². The molecule has 2 nitrogen and oxygen atoms in total. The molecule has 1 unspecified atom stereocenters. The third-order valence-corrected chi connectivity index (χ3v) is 3.45. The molecular weight excluding hydrogens is 160 g/mol. The van der Waals surface area contributed by atoms with Crippen LogP contribution in [-0.4, -0.2) is 30.1 Å². The topological polar surface area (TPSA) is 29.3 Å². The number of nitrogens with two attached hydrogens (primary N) is 1. The molecule has 0 radical (unpaired) electrons. The minimum atomic E-state index is 0.493. The molecule has 0 heterocycles. The molecule has 2 fully saturated rings. The van der Waals surface area contributed by atoms with Gasteiger partial charge in [-0.3, -0.25) is 0 Å². The first-order valence-corrected chi connectivity index (χ1v) is 5.81. The van der Waals surface area contributed by atoms with Crippen molar-refractivity contribution in [2.24, 2.45) is 11.7 Å². The molecule has 0 aromatic rings. The van der Waals surface area contributed by atoms with E-state index < -0.39 is 0 Å². The average Bonchev–Trinajstić information content (AvgIpc) is 2.98. The normalized spacial score (nSPS) is 25.2. The van der Waals surface area contributed by atoms with Gasteiger partial charge in [0.05, 0.1) is 0 Å². The van der Waals surface area contributed by atoms with Crippen LogP contribution >= 0.6 is 0 Å². The van der Waals surface area contributed by atoms with E-state index in [4.69, 9.17) is 5.73 Å². The van der Waals surface area contributed by atoms with Gasteiger partial charge in [0, 0.05) is 12.1 Å². The molecule has 0 bridgehead atoms. The molecular formula is C11H22N2. The van der Waals surface area contributed by atoms with Crippen LogP contribution in [0, 0.1) is 5.92 Å². The Labute approximate surface area is 81.5 Å². The van der Waals surface area contributed by atoms with E-state index in [9.17, 15) is 0 Å². The summed E-state index contributed by atoms with van der Waals surface area (Å²) in [6, 6.07) is 1.41. The fraction of sp³-hybridized carbons (Fsp3) is 1.00. The minimum absolute atomic E-state index is 0.493. The van der Waals surface area contributed by atoms with Crippen LogP contribution in [0.1, 0.15) is 39.0 Å². The molecule has 76 valence electrons. The van der Waals surface area contributed by atoms with Gasteiger partial charge < -0.3 is 10.6 Å². The summed E-state index contributed by atoms with van der Waals surface area (Å²) >= 11 is 0. The van der Waals surface area contributed by atoms with Crippen molar-refractivity contribution in [3.8, 4) is 0 Å². The van der Waals surface area contributed by atoms with Crippen molar-refractivity contribution in [2.45, 2.75) is 51.1 Å². The predicted molar refractivity (Wildman–Crippen MR) is 55.6 cm³/mol. The number of hydrogen-bond donors (Lipinski definition) is 1. The molecule has 0 saturated heterocycles. The first-order chi connectivity index (χ1) is 6.31. The third kappa shape index (κ3) is 2.68. The fourth-order valence-corrected chi connectivity index (χ4v) is 2.11. The van der Waals surface area contributed by atoms with Crippen LogP contribution in [0.3, 0.4) is 0 Å². The standard InChI is InChI=1S/C11H22N2/c1-2-13(10-5-6-10)8-7-11(12)9-3-4-9/h9-11H,2-8,12H2,1H3. The maximum atomic E-state index is 6.08. The molecule has 0 aromatic heterocycles. The van der Waals surface area contributed by atoms with Crippen molar-refractivity contribution >= 4 is 0 Å². The highest BCUT2D eigenvalue weighted by Gasteiger charge is 2.31. The Bertz CT molecular complexity index is 161. The van der Waals surface area contributed by atoms with Gasteiger partial charge in [-0.2, -0.15) is 0 Å². The highest BCUT2D eigenvalue weighted by Crippen LogP contribution is 2.33. The van der Waals surface area contributed by atoms with E-state index in [1.54, 1.807) is 0 Å². The molecule has 2 rings (SSSR count). The molecule has 13 heavy (non-hydrogen) atoms. The zero-order valence-electron chi connectivity index (χ0n) is 8.71. The van der Waals surface area contributed by atoms with Crippen LogP contribution in [0.15, 0.2) is 0 Å². The highest BCUT2D eigenvalue weighted by molar-refractivity contribution is 4.87. The summed E-state index contributed by atoms with van der Waals surface area (Å²) in [7, 11) is 0. The molecule has 2 saturated carbocycles. The minimum Gasteiger partial charge on any atom is -0.327 e. The van der Waals surface area contributed by atoms with Crippen molar-refractivity contribution in [3.05, 3.63) is 0 Å². The largest absolute Gasteiger partial charge is 0.327 e. The van der Waals surface area contributed by atoms with Gasteiger partial charge in [-0.1, -0.05) is 6.92 Å². The van der Waals surface area contributed by atoms with Crippen LogP contribution in [0.25, 0.3) is 0 Å². The summed E-state index contributed by atoms with van der Waals surface area (Å²) in [5.74, 6) is 0.873. The lowest BCUT2D eigenvalue weighted by Crippen LogP contribution is -2.32. The van der Waals surface area contributed by atoms with E-state index in [-0.39, 0.29) is 0 Å². The smallest absolute Gasteiger partial charge is 0.00963 e. The summed E-state index contributed by atoms with van der Waals surface area (Å²) in [6.45, 7) is 4.71. The Morgan fingerprint density at radius 3 is 2.46 bits per heavy atom. The molecule has 2 aliphatic carbocycles. The van der Waals surface area contributed by atoms with E-state index >= 15 is 0 Å². The van der Waals surface area contributed by atoms with Gasteiger partial charge in [0.1, 0.15) is 0 Å². The summed E-state index contributed by atoms with van der Waals surface area (Å²) in [4.78, 5) is 2.60. The van der Waals surface area contributed by atoms with E-state index in [1.807, 2.05) is 0 Å². The second-order valence-electron chi connectivity index (χ2n) is 4.65. The first kappa shape index (κ1) is 9.47. The maximum Gasteiger partial charge on any atom is 0.00963 e. The monoisotopic (exact) mass is 182 g/mol. The van der Waals surface area contributed by atoms with E-state index in [2.05, 4.69) is 11.8 Å². The molecule has 1 atom stereocenters. The van der Waals surface area contributed by atoms with Crippen molar-refractivity contribution < 1.29 is 0 Å². The van der Waals surface area contributed by atoms with Gasteiger partial charge in [0.25, 0.3) is 0 Å². The summed E-state index contributed by atoms with van der Waals surface area (Å²) in [5.41, 5.74) is 6.08. The summed E-state index contributed by atoms with van der Waals surface area (Å²) in [6.07, 6.45) is 6.83. The second kappa shape index (κ2) is 3.97. The number of hydrogen-bond acceptors (Lipinski definition) is 2. The van der Waals surface area contributed by atoms with E-state index in [1.165, 1.54) is 45.2 Å². The van der Waals surface area contributed by atoms with Gasteiger partial charge in [-0.05, 0) is 51.1 Å². The van der Waals surface area contributed by atoms with Gasteiger partial charge in [-0.25, -0.2) is 0 Å². The lowest BCUT2D eigenvalue weighted by atomic mass is 10.1. The first-order valence-electron chi connectivity index (χ1n) is 5.81. The molecule has 2 aliphatic rings. The molecule has 0 amide bonds. The van der Waals surface area contributed by atoms with Crippen LogP contribution < -0.4 is 5.73 Å². The molecule has 2 heteroatoms. The maximum absolute atomic E-state index is 6.08. The van der Waals surface area contributed by atoms with Crippen LogP contribution in [0.4, 0.5) is 0 Å². The third-order valence-electron chi connectivity index (χ3n) is 3.45. The lowest BCUT2D eigenvalue weighted by molar-refractivity contribution is 0.262. The lowest BCUT2D eigenvalue weighted by Gasteiger charge is -2.21. The van der Waals surface area contributed by atoms with Crippen LogP contribution in [-0.2, 0) is 0 Å². The predicted octanol–water partition coefficient (Wildman–Crippen LogP) is 1.60. The van der Waals surface area contributed by atoms with Crippen LogP contribution in [0.5, 0.6) is 0 Å². The molecule has 0 aromatic carbocycles. The summed E-state index contributed by atoms with van der Waals surface area (Å²) < 4.78 is 0. The fourth-order valence-electron chi connectivity index (χ4n) is 2.11. The Balaban J connectivity index is 1.63. The average molecular weight is 182 g/mol.